The van der Waals surface area contributed by atoms with Crippen molar-refractivity contribution in [2.24, 2.45) is 0 Å². The minimum Gasteiger partial charge on any atom is -0.353 e. The smallest absolute Gasteiger partial charge is 0.257 e. The molecule has 1 fully saturated rings. The number of hydrogen-bond donors (Lipinski definition) is 1. The van der Waals surface area contributed by atoms with E-state index in [1.54, 1.807) is 12.3 Å². The maximum atomic E-state index is 13.9. The van der Waals surface area contributed by atoms with Gasteiger partial charge in [-0.05, 0) is 24.3 Å². The highest BCUT2D eigenvalue weighted by molar-refractivity contribution is 5.94. The second kappa shape index (κ2) is 8.36. The lowest BCUT2D eigenvalue weighted by atomic mass is 10.1. The fourth-order valence-corrected chi connectivity index (χ4v) is 3.16. The molecule has 0 atom stereocenters. The van der Waals surface area contributed by atoms with Crippen LogP contribution in [0.5, 0.6) is 0 Å². The van der Waals surface area contributed by atoms with Gasteiger partial charge in [-0.3, -0.25) is 4.79 Å². The van der Waals surface area contributed by atoms with Gasteiger partial charge in [0.25, 0.3) is 5.91 Å². The molecule has 1 N–H and O–H groups in total. The fourth-order valence-electron chi connectivity index (χ4n) is 3.16. The predicted molar refractivity (Wildman–Crippen MR) is 104 cm³/mol. The number of nitrogens with one attached hydrogen (secondary N) is 1. The zero-order chi connectivity index (χ0) is 21.1. The first kappa shape index (κ1) is 19.6. The van der Waals surface area contributed by atoms with Crippen LogP contribution in [0.25, 0.3) is 0 Å². The maximum absolute atomic E-state index is 13.9. The van der Waals surface area contributed by atoms with Gasteiger partial charge in [-0.25, -0.2) is 28.1 Å². The zero-order valence-corrected chi connectivity index (χ0v) is 15.7. The van der Waals surface area contributed by atoms with Crippen molar-refractivity contribution in [2.75, 3.05) is 36.4 Å². The number of nitrogens with zero attached hydrogens (tertiary/aromatic N) is 5. The highest BCUT2D eigenvalue weighted by Gasteiger charge is 2.27. The first-order chi connectivity index (χ1) is 14.5. The number of carbonyl (C=O) groups excluding carboxylic acids is 1. The van der Waals surface area contributed by atoms with Crippen LogP contribution >= 0.6 is 0 Å². The van der Waals surface area contributed by atoms with E-state index in [9.17, 15) is 18.0 Å². The van der Waals surface area contributed by atoms with Crippen LogP contribution < -0.4 is 10.2 Å². The number of halogens is 3. The molecule has 7 nitrogen and oxygen atoms in total. The molecule has 0 spiro atoms. The predicted octanol–water partition coefficient (Wildman–Crippen LogP) is 2.99. The first-order valence-corrected chi connectivity index (χ1v) is 9.21. The number of anilines is 3. The third-order valence-electron chi connectivity index (χ3n) is 4.73. The average molecular weight is 414 g/mol. The number of benzene rings is 1. The van der Waals surface area contributed by atoms with E-state index < -0.39 is 28.9 Å². The van der Waals surface area contributed by atoms with Crippen molar-refractivity contribution in [1.82, 2.24) is 19.9 Å². The number of piperazine rings is 1. The summed E-state index contributed by atoms with van der Waals surface area (Å²) >= 11 is 0. The molecule has 1 aliphatic rings. The van der Waals surface area contributed by atoms with E-state index in [0.29, 0.717) is 30.5 Å². The maximum Gasteiger partial charge on any atom is 0.257 e. The molecule has 0 saturated carbocycles. The first-order valence-electron chi connectivity index (χ1n) is 9.21. The van der Waals surface area contributed by atoms with Crippen molar-refractivity contribution in [2.45, 2.75) is 0 Å². The molecule has 1 amide bonds. The molecular weight excluding hydrogens is 397 g/mol. The summed E-state index contributed by atoms with van der Waals surface area (Å²) in [6, 6.07) is 8.94. The number of aromatic nitrogens is 3. The number of rotatable bonds is 4. The molecule has 0 aliphatic carbocycles. The molecule has 0 bridgehead atoms. The van der Waals surface area contributed by atoms with E-state index in [4.69, 9.17) is 0 Å². The topological polar surface area (TPSA) is 74.2 Å². The number of carbonyl (C=O) groups is 1. The summed E-state index contributed by atoms with van der Waals surface area (Å²) in [6.07, 6.45) is 3.09. The Hall–Kier alpha value is -3.69. The Balaban J connectivity index is 1.42. The van der Waals surface area contributed by atoms with Gasteiger partial charge in [-0.2, -0.15) is 0 Å². The van der Waals surface area contributed by atoms with Crippen molar-refractivity contribution in [3.63, 3.8) is 0 Å². The van der Waals surface area contributed by atoms with E-state index in [-0.39, 0.29) is 13.1 Å². The van der Waals surface area contributed by atoms with E-state index in [0.717, 1.165) is 12.1 Å². The Labute approximate surface area is 170 Å². The van der Waals surface area contributed by atoms with Crippen LogP contribution in [0.15, 0.2) is 48.9 Å². The van der Waals surface area contributed by atoms with Gasteiger partial charge < -0.3 is 15.1 Å². The van der Waals surface area contributed by atoms with Crippen molar-refractivity contribution < 1.29 is 18.0 Å². The van der Waals surface area contributed by atoms with E-state index in [2.05, 4.69) is 20.3 Å². The van der Waals surface area contributed by atoms with Gasteiger partial charge in [0, 0.05) is 38.4 Å². The lowest BCUT2D eigenvalue weighted by molar-refractivity contribution is 0.0740. The van der Waals surface area contributed by atoms with Crippen molar-refractivity contribution in [1.29, 1.82) is 0 Å². The lowest BCUT2D eigenvalue weighted by Crippen LogP contribution is -2.49. The Morgan fingerprint density at radius 1 is 0.900 bits per heavy atom. The van der Waals surface area contributed by atoms with E-state index >= 15 is 0 Å². The Bertz CT molecular complexity index is 1060. The summed E-state index contributed by atoms with van der Waals surface area (Å²) in [6.45, 7) is 1.45. The minimum absolute atomic E-state index is 0.282. The van der Waals surface area contributed by atoms with Crippen molar-refractivity contribution >= 4 is 23.4 Å². The quantitative estimate of drug-likeness (QED) is 0.662. The van der Waals surface area contributed by atoms with Gasteiger partial charge >= 0.3 is 0 Å². The third kappa shape index (κ3) is 4.02. The Morgan fingerprint density at radius 2 is 1.70 bits per heavy atom. The molecular formula is C20H17F3N6O. The standard InChI is InChI=1S/C20H17F3N6O/c21-14-5-4-13(18(22)19(14)23)20(30)29-9-7-28(8-10-29)17-11-16(25-12-26-17)27-15-3-1-2-6-24-15/h1-6,11-12H,7-10H2,(H,24,25,26,27). The van der Waals surface area contributed by atoms with Gasteiger partial charge in [0.05, 0.1) is 5.56 Å². The van der Waals surface area contributed by atoms with Gasteiger partial charge in [0.2, 0.25) is 0 Å². The van der Waals surface area contributed by atoms with Crippen LogP contribution in [0.4, 0.5) is 30.6 Å². The van der Waals surface area contributed by atoms with Gasteiger partial charge in [0.1, 0.15) is 23.8 Å². The molecule has 10 heteroatoms. The van der Waals surface area contributed by atoms with Gasteiger partial charge in [-0.1, -0.05) is 6.07 Å². The summed E-state index contributed by atoms with van der Waals surface area (Å²) < 4.78 is 40.5. The largest absolute Gasteiger partial charge is 0.353 e. The minimum atomic E-state index is -1.64. The van der Waals surface area contributed by atoms with Crippen LogP contribution in [0.2, 0.25) is 0 Å². The molecule has 1 aromatic carbocycles. The fraction of sp³-hybridized carbons (Fsp3) is 0.200. The number of amides is 1. The van der Waals surface area contributed by atoms with Crippen LogP contribution in [-0.2, 0) is 0 Å². The molecule has 1 saturated heterocycles. The van der Waals surface area contributed by atoms with Crippen molar-refractivity contribution in [3.05, 3.63) is 71.9 Å². The second-order valence-corrected chi connectivity index (χ2v) is 6.60. The summed E-state index contributed by atoms with van der Waals surface area (Å²) in [5.41, 5.74) is -0.480. The second-order valence-electron chi connectivity index (χ2n) is 6.60. The van der Waals surface area contributed by atoms with Crippen LogP contribution in [-0.4, -0.2) is 51.9 Å². The van der Waals surface area contributed by atoms with E-state index in [1.165, 1.54) is 11.2 Å². The summed E-state index contributed by atoms with van der Waals surface area (Å²) in [7, 11) is 0. The number of pyridine rings is 1. The molecule has 0 radical (unpaired) electrons. The molecule has 30 heavy (non-hydrogen) atoms. The van der Waals surface area contributed by atoms with Crippen LogP contribution in [0.1, 0.15) is 10.4 Å². The highest BCUT2D eigenvalue weighted by Crippen LogP contribution is 2.21. The van der Waals surface area contributed by atoms with Crippen LogP contribution in [0.3, 0.4) is 0 Å². The molecule has 3 aromatic rings. The molecule has 3 heterocycles. The van der Waals surface area contributed by atoms with Crippen molar-refractivity contribution in [3.8, 4) is 0 Å². The van der Waals surface area contributed by atoms with Gasteiger partial charge in [-0.15, -0.1) is 0 Å². The average Bonchev–Trinajstić information content (AvgIpc) is 2.78. The highest BCUT2D eigenvalue weighted by atomic mass is 19.2. The molecule has 4 rings (SSSR count). The SMILES string of the molecule is O=C(c1ccc(F)c(F)c1F)N1CCN(c2cc(Nc3ccccn3)ncn2)CC1. The normalized spacial score (nSPS) is 14.0. The molecule has 0 unspecified atom stereocenters. The molecule has 154 valence electrons. The summed E-state index contributed by atoms with van der Waals surface area (Å²) in [5, 5.41) is 3.09. The van der Waals surface area contributed by atoms with Gasteiger partial charge in [0.15, 0.2) is 17.5 Å². The summed E-state index contributed by atoms with van der Waals surface area (Å²) in [5.74, 6) is -3.24. The zero-order valence-electron chi connectivity index (χ0n) is 15.7. The molecule has 2 aromatic heterocycles. The lowest BCUT2D eigenvalue weighted by Gasteiger charge is -2.35. The number of hydrogen-bond acceptors (Lipinski definition) is 6. The Morgan fingerprint density at radius 3 is 2.43 bits per heavy atom. The van der Waals surface area contributed by atoms with E-state index in [1.807, 2.05) is 23.1 Å². The Kier molecular flexibility index (Phi) is 5.46. The molecule has 1 aliphatic heterocycles. The van der Waals surface area contributed by atoms with Crippen LogP contribution in [0, 0.1) is 17.5 Å². The monoisotopic (exact) mass is 414 g/mol. The summed E-state index contributed by atoms with van der Waals surface area (Å²) in [4.78, 5) is 28.5. The third-order valence-corrected chi connectivity index (χ3v) is 4.73.